The molecule has 0 aliphatic heterocycles. The summed E-state index contributed by atoms with van der Waals surface area (Å²) in [7, 11) is 3.83. The Balaban J connectivity index is 2.24. The number of quaternary nitrogens is 1. The van der Waals surface area contributed by atoms with Crippen LogP contribution in [0.25, 0.3) is 0 Å². The Bertz CT molecular complexity index is 699. The average Bonchev–Trinajstić information content (AvgIpc) is 2.48. The predicted octanol–water partition coefficient (Wildman–Crippen LogP) is 3.14. The van der Waals surface area contributed by atoms with Crippen molar-refractivity contribution in [1.29, 1.82) is 0 Å². The van der Waals surface area contributed by atoms with Crippen molar-refractivity contribution in [3.63, 3.8) is 0 Å². The number of benzene rings is 2. The van der Waals surface area contributed by atoms with Crippen molar-refractivity contribution in [3.8, 4) is 5.75 Å². The summed E-state index contributed by atoms with van der Waals surface area (Å²) in [4.78, 5) is 5.34. The molecule has 0 aliphatic carbocycles. The standard InChI is InChI=1S/C17H17Cl2FN2O/c1-22(2)15(17-13(19)4-3-5-14(17)20)10-21-9-11-8-12(18)6-7-16(11)23/h3-9,15,23H,10H2,1-2H3/p+1/t15-/m1/s1. The van der Waals surface area contributed by atoms with Crippen LogP contribution in [0.15, 0.2) is 41.4 Å². The predicted molar refractivity (Wildman–Crippen MR) is 92.5 cm³/mol. The number of aliphatic imine (C=N–C) groups is 1. The van der Waals surface area contributed by atoms with Crippen LogP contribution in [0.2, 0.25) is 10.0 Å². The summed E-state index contributed by atoms with van der Waals surface area (Å²) in [5, 5.41) is 10.7. The van der Waals surface area contributed by atoms with Crippen molar-refractivity contribution < 1.29 is 14.4 Å². The Kier molecular flexibility index (Phi) is 5.99. The molecule has 6 heteroatoms. The number of phenolic OH excluding ortho intramolecular Hbond substituents is 1. The van der Waals surface area contributed by atoms with E-state index < -0.39 is 0 Å². The summed E-state index contributed by atoms with van der Waals surface area (Å²) in [5.41, 5.74) is 0.964. The molecule has 0 bridgehead atoms. The highest BCUT2D eigenvalue weighted by molar-refractivity contribution is 6.31. The van der Waals surface area contributed by atoms with Gasteiger partial charge in [-0.15, -0.1) is 0 Å². The number of nitrogens with zero attached hydrogens (tertiary/aromatic N) is 1. The Morgan fingerprint density at radius 1 is 1.26 bits per heavy atom. The first-order valence-electron chi connectivity index (χ1n) is 7.12. The lowest BCUT2D eigenvalue weighted by Gasteiger charge is -2.21. The van der Waals surface area contributed by atoms with Gasteiger partial charge in [0.15, 0.2) is 0 Å². The maximum atomic E-state index is 14.1. The number of phenols is 1. The molecule has 0 radical (unpaired) electrons. The van der Waals surface area contributed by atoms with Crippen LogP contribution in [-0.2, 0) is 0 Å². The number of nitrogens with one attached hydrogen (secondary N) is 1. The van der Waals surface area contributed by atoms with Crippen LogP contribution in [0.1, 0.15) is 17.2 Å². The number of aromatic hydroxyl groups is 1. The van der Waals surface area contributed by atoms with Crippen LogP contribution in [0.3, 0.4) is 0 Å². The van der Waals surface area contributed by atoms with Crippen molar-refractivity contribution >= 4 is 29.4 Å². The smallest absolute Gasteiger partial charge is 0.137 e. The lowest BCUT2D eigenvalue weighted by Crippen LogP contribution is -3.06. The Labute approximate surface area is 145 Å². The largest absolute Gasteiger partial charge is 0.507 e. The second-order valence-corrected chi connectivity index (χ2v) is 6.31. The monoisotopic (exact) mass is 355 g/mol. The van der Waals surface area contributed by atoms with Crippen molar-refractivity contribution in [2.45, 2.75) is 6.04 Å². The molecule has 0 saturated carbocycles. The molecule has 122 valence electrons. The van der Waals surface area contributed by atoms with E-state index in [9.17, 15) is 9.50 Å². The molecular formula is C17H18Cl2FN2O+. The Hall–Kier alpha value is -1.62. The molecule has 0 heterocycles. The molecular weight excluding hydrogens is 338 g/mol. The summed E-state index contributed by atoms with van der Waals surface area (Å²) in [6, 6.07) is 9.13. The van der Waals surface area contributed by atoms with Crippen molar-refractivity contribution in [2.75, 3.05) is 20.6 Å². The van der Waals surface area contributed by atoms with Gasteiger partial charge in [-0.05, 0) is 30.3 Å². The van der Waals surface area contributed by atoms with Gasteiger partial charge in [-0.2, -0.15) is 0 Å². The second kappa shape index (κ2) is 7.77. The van der Waals surface area contributed by atoms with E-state index in [0.717, 1.165) is 4.90 Å². The third-order valence-corrected chi connectivity index (χ3v) is 4.12. The van der Waals surface area contributed by atoms with E-state index in [2.05, 4.69) is 4.99 Å². The molecule has 2 aromatic carbocycles. The van der Waals surface area contributed by atoms with Gasteiger partial charge in [0.1, 0.15) is 17.6 Å². The summed E-state index contributed by atoms with van der Waals surface area (Å²) >= 11 is 12.0. The zero-order chi connectivity index (χ0) is 17.0. The summed E-state index contributed by atoms with van der Waals surface area (Å²) < 4.78 is 14.1. The van der Waals surface area contributed by atoms with E-state index in [4.69, 9.17) is 23.2 Å². The maximum Gasteiger partial charge on any atom is 0.137 e. The zero-order valence-corrected chi connectivity index (χ0v) is 14.4. The number of likely N-dealkylation sites (N-methyl/N-ethyl adjacent to an activating group) is 1. The zero-order valence-electron chi connectivity index (χ0n) is 12.9. The highest BCUT2D eigenvalue weighted by Crippen LogP contribution is 2.25. The van der Waals surface area contributed by atoms with E-state index in [1.165, 1.54) is 18.3 Å². The number of rotatable bonds is 5. The molecule has 2 N–H and O–H groups in total. The Morgan fingerprint density at radius 3 is 2.65 bits per heavy atom. The molecule has 0 fully saturated rings. The first-order chi connectivity index (χ1) is 10.9. The van der Waals surface area contributed by atoms with Gasteiger partial charge in [-0.3, -0.25) is 4.99 Å². The molecule has 0 aliphatic rings. The SMILES string of the molecule is C[NH+](C)[C@H](CN=Cc1cc(Cl)ccc1O)c1c(F)cccc1Cl. The van der Waals surface area contributed by atoms with Gasteiger partial charge in [0.05, 0.1) is 31.2 Å². The van der Waals surface area contributed by atoms with E-state index >= 15 is 0 Å². The normalized spacial score (nSPS) is 13.0. The number of hydrogen-bond acceptors (Lipinski definition) is 2. The van der Waals surface area contributed by atoms with Gasteiger partial charge in [0.2, 0.25) is 0 Å². The van der Waals surface area contributed by atoms with Crippen LogP contribution >= 0.6 is 23.2 Å². The molecule has 0 aromatic heterocycles. The van der Waals surface area contributed by atoms with Gasteiger partial charge in [0.25, 0.3) is 0 Å². The number of hydrogen-bond donors (Lipinski definition) is 2. The molecule has 2 rings (SSSR count). The van der Waals surface area contributed by atoms with Crippen molar-refractivity contribution in [2.24, 2.45) is 4.99 Å². The fourth-order valence-corrected chi connectivity index (χ4v) is 2.77. The molecule has 0 spiro atoms. The van der Waals surface area contributed by atoms with E-state index in [0.29, 0.717) is 27.7 Å². The first kappa shape index (κ1) is 17.7. The van der Waals surface area contributed by atoms with E-state index in [-0.39, 0.29) is 17.6 Å². The molecule has 1 atom stereocenters. The number of halogens is 3. The molecule has 3 nitrogen and oxygen atoms in total. The molecule has 23 heavy (non-hydrogen) atoms. The third-order valence-electron chi connectivity index (χ3n) is 3.55. The second-order valence-electron chi connectivity index (χ2n) is 5.46. The van der Waals surface area contributed by atoms with Gasteiger partial charge >= 0.3 is 0 Å². The molecule has 0 saturated heterocycles. The van der Waals surface area contributed by atoms with Crippen LogP contribution in [0.5, 0.6) is 5.75 Å². The minimum absolute atomic E-state index is 0.0934. The molecule has 2 aromatic rings. The van der Waals surface area contributed by atoms with Crippen molar-refractivity contribution in [3.05, 3.63) is 63.4 Å². The van der Waals surface area contributed by atoms with Crippen molar-refractivity contribution in [1.82, 2.24) is 0 Å². The van der Waals surface area contributed by atoms with E-state index in [1.807, 2.05) is 14.1 Å². The highest BCUT2D eigenvalue weighted by atomic mass is 35.5. The fraction of sp³-hybridized carbons (Fsp3) is 0.235. The summed E-state index contributed by atoms with van der Waals surface area (Å²) in [6.07, 6.45) is 1.53. The molecule has 0 unspecified atom stereocenters. The van der Waals surface area contributed by atoms with Crippen LogP contribution < -0.4 is 4.90 Å². The van der Waals surface area contributed by atoms with Gasteiger partial charge < -0.3 is 10.0 Å². The quantitative estimate of drug-likeness (QED) is 0.794. The molecule has 0 amide bonds. The maximum absolute atomic E-state index is 14.1. The average molecular weight is 356 g/mol. The van der Waals surface area contributed by atoms with Gasteiger partial charge in [0, 0.05) is 16.8 Å². The van der Waals surface area contributed by atoms with Gasteiger partial charge in [-0.1, -0.05) is 29.3 Å². The lowest BCUT2D eigenvalue weighted by molar-refractivity contribution is -0.890. The fourth-order valence-electron chi connectivity index (χ4n) is 2.29. The summed E-state index contributed by atoms with van der Waals surface area (Å²) in [6.45, 7) is 0.328. The first-order valence-corrected chi connectivity index (χ1v) is 7.88. The topological polar surface area (TPSA) is 37.0 Å². The van der Waals surface area contributed by atoms with Crippen LogP contribution in [-0.4, -0.2) is 32.0 Å². The van der Waals surface area contributed by atoms with Gasteiger partial charge in [-0.25, -0.2) is 4.39 Å². The van der Waals surface area contributed by atoms with Crippen LogP contribution in [0, 0.1) is 5.82 Å². The minimum Gasteiger partial charge on any atom is -0.507 e. The Morgan fingerprint density at radius 2 is 2.00 bits per heavy atom. The summed E-state index contributed by atoms with van der Waals surface area (Å²) in [5.74, 6) is -0.250. The lowest BCUT2D eigenvalue weighted by atomic mass is 10.1. The van der Waals surface area contributed by atoms with Crippen LogP contribution in [0.4, 0.5) is 4.39 Å². The highest BCUT2D eigenvalue weighted by Gasteiger charge is 2.23. The van der Waals surface area contributed by atoms with E-state index in [1.54, 1.807) is 24.3 Å². The minimum atomic E-state index is -0.343. The third kappa shape index (κ3) is 4.44.